The Morgan fingerprint density at radius 3 is 2.71 bits per heavy atom. The van der Waals surface area contributed by atoms with Crippen LogP contribution in [0.4, 0.5) is 4.39 Å². The molecule has 0 saturated carbocycles. The minimum Gasteiger partial charge on any atom is -0.277 e. The van der Waals surface area contributed by atoms with Crippen LogP contribution in [0.5, 0.6) is 0 Å². The zero-order chi connectivity index (χ0) is 15.1. The maximum atomic E-state index is 14.3. The molecule has 7 heteroatoms. The van der Waals surface area contributed by atoms with Crippen molar-refractivity contribution in [2.45, 2.75) is 26.3 Å². The standard InChI is InChI=1S/C14H13Cl2FN4/c1-3-20-14-13(8(2)19-20)18-12(7-15)21(14)11-5-4-9(16)6-10(11)17/h4-6H,3,7H2,1-2H3. The second kappa shape index (κ2) is 5.31. The molecule has 1 aromatic carbocycles. The minimum atomic E-state index is -0.422. The summed E-state index contributed by atoms with van der Waals surface area (Å²) in [6.07, 6.45) is 0. The molecule has 0 atom stereocenters. The van der Waals surface area contributed by atoms with E-state index in [0.29, 0.717) is 23.1 Å². The Morgan fingerprint density at radius 1 is 1.33 bits per heavy atom. The zero-order valence-corrected chi connectivity index (χ0v) is 13.1. The van der Waals surface area contributed by atoms with E-state index >= 15 is 0 Å². The summed E-state index contributed by atoms with van der Waals surface area (Å²) in [4.78, 5) is 4.49. The van der Waals surface area contributed by atoms with Crippen LogP contribution < -0.4 is 0 Å². The van der Waals surface area contributed by atoms with Gasteiger partial charge in [0, 0.05) is 11.6 Å². The van der Waals surface area contributed by atoms with Gasteiger partial charge in [-0.25, -0.2) is 14.1 Å². The van der Waals surface area contributed by atoms with Crippen molar-refractivity contribution in [2.24, 2.45) is 0 Å². The summed E-state index contributed by atoms with van der Waals surface area (Å²) in [5.74, 6) is 0.338. The summed E-state index contributed by atoms with van der Waals surface area (Å²) in [6.45, 7) is 4.51. The molecule has 0 bridgehead atoms. The molecule has 2 aromatic heterocycles. The molecule has 21 heavy (non-hydrogen) atoms. The predicted octanol–water partition coefficient (Wildman–Crippen LogP) is 4.08. The van der Waals surface area contributed by atoms with E-state index in [-0.39, 0.29) is 5.88 Å². The lowest BCUT2D eigenvalue weighted by molar-refractivity contribution is 0.611. The second-order valence-electron chi connectivity index (χ2n) is 4.67. The molecule has 3 rings (SSSR count). The van der Waals surface area contributed by atoms with Gasteiger partial charge in [-0.2, -0.15) is 5.10 Å². The van der Waals surface area contributed by atoms with Crippen LogP contribution >= 0.6 is 23.2 Å². The summed E-state index contributed by atoms with van der Waals surface area (Å²) in [5, 5.41) is 4.77. The Kier molecular flexibility index (Phi) is 3.63. The van der Waals surface area contributed by atoms with Crippen molar-refractivity contribution >= 4 is 34.4 Å². The van der Waals surface area contributed by atoms with Crippen molar-refractivity contribution in [1.82, 2.24) is 19.3 Å². The van der Waals surface area contributed by atoms with Crippen molar-refractivity contribution in [3.8, 4) is 5.69 Å². The smallest absolute Gasteiger partial charge is 0.163 e. The van der Waals surface area contributed by atoms with E-state index in [4.69, 9.17) is 23.2 Å². The molecule has 0 saturated heterocycles. The van der Waals surface area contributed by atoms with E-state index in [1.807, 2.05) is 13.8 Å². The Bertz CT molecular complexity index is 822. The molecule has 4 nitrogen and oxygen atoms in total. The molecule has 0 radical (unpaired) electrons. The largest absolute Gasteiger partial charge is 0.277 e. The fourth-order valence-electron chi connectivity index (χ4n) is 2.44. The maximum Gasteiger partial charge on any atom is 0.163 e. The van der Waals surface area contributed by atoms with Crippen LogP contribution in [0.25, 0.3) is 16.9 Å². The average Bonchev–Trinajstić information content (AvgIpc) is 2.97. The van der Waals surface area contributed by atoms with Crippen LogP contribution in [-0.2, 0) is 12.4 Å². The number of benzene rings is 1. The van der Waals surface area contributed by atoms with Crippen molar-refractivity contribution < 1.29 is 4.39 Å². The monoisotopic (exact) mass is 326 g/mol. The lowest BCUT2D eigenvalue weighted by Gasteiger charge is -2.10. The number of aryl methyl sites for hydroxylation is 2. The lowest BCUT2D eigenvalue weighted by Crippen LogP contribution is -2.07. The third-order valence-corrected chi connectivity index (χ3v) is 3.82. The van der Waals surface area contributed by atoms with Crippen LogP contribution in [0.3, 0.4) is 0 Å². The second-order valence-corrected chi connectivity index (χ2v) is 5.37. The topological polar surface area (TPSA) is 35.6 Å². The third kappa shape index (κ3) is 2.21. The highest BCUT2D eigenvalue weighted by Gasteiger charge is 2.20. The van der Waals surface area contributed by atoms with Crippen LogP contribution in [-0.4, -0.2) is 19.3 Å². The van der Waals surface area contributed by atoms with Crippen molar-refractivity contribution in [3.63, 3.8) is 0 Å². The number of hydrogen-bond acceptors (Lipinski definition) is 2. The van der Waals surface area contributed by atoms with Gasteiger partial charge in [-0.3, -0.25) is 4.57 Å². The van der Waals surface area contributed by atoms with Gasteiger partial charge in [0.15, 0.2) is 5.65 Å². The van der Waals surface area contributed by atoms with Gasteiger partial charge < -0.3 is 0 Å². The first kappa shape index (κ1) is 14.4. The number of hydrogen-bond donors (Lipinski definition) is 0. The molecule has 0 unspecified atom stereocenters. The average molecular weight is 327 g/mol. The minimum absolute atomic E-state index is 0.180. The number of aromatic nitrogens is 4. The van der Waals surface area contributed by atoms with Crippen molar-refractivity contribution in [3.05, 3.63) is 40.6 Å². The van der Waals surface area contributed by atoms with E-state index in [1.165, 1.54) is 6.07 Å². The number of halogens is 3. The normalized spacial score (nSPS) is 11.5. The number of fused-ring (bicyclic) bond motifs is 1. The molecule has 2 heterocycles. The zero-order valence-electron chi connectivity index (χ0n) is 11.6. The van der Waals surface area contributed by atoms with Gasteiger partial charge in [-0.05, 0) is 32.0 Å². The van der Waals surface area contributed by atoms with Crippen LogP contribution in [0.15, 0.2) is 18.2 Å². The Morgan fingerprint density at radius 2 is 2.10 bits per heavy atom. The highest BCUT2D eigenvalue weighted by atomic mass is 35.5. The Balaban J connectivity index is 2.39. The van der Waals surface area contributed by atoms with E-state index < -0.39 is 5.82 Å². The summed E-state index contributed by atoms with van der Waals surface area (Å²) >= 11 is 11.8. The summed E-state index contributed by atoms with van der Waals surface area (Å²) < 4.78 is 17.8. The maximum absolute atomic E-state index is 14.3. The van der Waals surface area contributed by atoms with Crippen LogP contribution in [0.2, 0.25) is 5.02 Å². The van der Waals surface area contributed by atoms with E-state index in [1.54, 1.807) is 21.4 Å². The summed E-state index contributed by atoms with van der Waals surface area (Å²) in [6, 6.07) is 4.54. The van der Waals surface area contributed by atoms with Crippen LogP contribution in [0, 0.1) is 12.7 Å². The van der Waals surface area contributed by atoms with E-state index in [2.05, 4.69) is 10.1 Å². The van der Waals surface area contributed by atoms with E-state index in [0.717, 1.165) is 16.9 Å². The van der Waals surface area contributed by atoms with Crippen LogP contribution in [0.1, 0.15) is 18.4 Å². The lowest BCUT2D eigenvalue weighted by atomic mass is 10.3. The molecule has 0 aliphatic heterocycles. The number of imidazole rings is 1. The van der Waals surface area contributed by atoms with Gasteiger partial charge >= 0.3 is 0 Å². The van der Waals surface area contributed by atoms with Gasteiger partial charge in [0.2, 0.25) is 0 Å². The van der Waals surface area contributed by atoms with Gasteiger partial charge in [0.25, 0.3) is 0 Å². The molecular weight excluding hydrogens is 314 g/mol. The van der Waals surface area contributed by atoms with Gasteiger partial charge in [0.1, 0.15) is 17.2 Å². The highest BCUT2D eigenvalue weighted by molar-refractivity contribution is 6.30. The molecular formula is C14H13Cl2FN4. The fraction of sp³-hybridized carbons (Fsp3) is 0.286. The van der Waals surface area contributed by atoms with Gasteiger partial charge in [0.05, 0.1) is 17.3 Å². The van der Waals surface area contributed by atoms with Gasteiger partial charge in [-0.1, -0.05) is 11.6 Å². The summed E-state index contributed by atoms with van der Waals surface area (Å²) in [7, 11) is 0. The molecule has 0 amide bonds. The third-order valence-electron chi connectivity index (χ3n) is 3.35. The Labute approximate surface area is 131 Å². The van der Waals surface area contributed by atoms with Gasteiger partial charge in [-0.15, -0.1) is 11.6 Å². The quantitative estimate of drug-likeness (QED) is 0.680. The molecule has 0 spiro atoms. The first-order chi connectivity index (χ1) is 10.1. The SMILES string of the molecule is CCn1nc(C)c2nc(CCl)n(-c3ccc(Cl)cc3F)c21. The molecule has 0 fully saturated rings. The molecule has 110 valence electrons. The first-order valence-corrected chi connectivity index (χ1v) is 7.44. The molecule has 0 N–H and O–H groups in total. The number of alkyl halides is 1. The van der Waals surface area contributed by atoms with E-state index in [9.17, 15) is 4.39 Å². The van der Waals surface area contributed by atoms with Crippen molar-refractivity contribution in [2.75, 3.05) is 0 Å². The number of nitrogens with zero attached hydrogens (tertiary/aromatic N) is 4. The Hall–Kier alpha value is -1.59. The molecule has 3 aromatic rings. The highest BCUT2D eigenvalue weighted by Crippen LogP contribution is 2.27. The molecule has 0 aliphatic rings. The number of rotatable bonds is 3. The first-order valence-electron chi connectivity index (χ1n) is 6.53. The molecule has 0 aliphatic carbocycles. The van der Waals surface area contributed by atoms with Crippen molar-refractivity contribution in [1.29, 1.82) is 0 Å². The fourth-order valence-corrected chi connectivity index (χ4v) is 2.78. The summed E-state index contributed by atoms with van der Waals surface area (Å²) in [5.41, 5.74) is 2.65. The predicted molar refractivity (Wildman–Crippen MR) is 81.8 cm³/mol.